The van der Waals surface area contributed by atoms with Crippen molar-refractivity contribution in [3.8, 4) is 11.5 Å². The van der Waals surface area contributed by atoms with E-state index in [1.54, 1.807) is 11.1 Å². The molecular weight excluding hydrogens is 474 g/mol. The molecule has 3 N–H and O–H groups in total. The van der Waals surface area contributed by atoms with Gasteiger partial charge in [0, 0.05) is 24.8 Å². The van der Waals surface area contributed by atoms with Crippen molar-refractivity contribution in [1.29, 1.82) is 0 Å². The third-order valence-corrected chi connectivity index (χ3v) is 7.58. The molecule has 1 fully saturated rings. The van der Waals surface area contributed by atoms with Crippen molar-refractivity contribution in [1.82, 2.24) is 15.6 Å². The Bertz CT molecular complexity index is 1460. The first-order valence-corrected chi connectivity index (χ1v) is 12.8. The summed E-state index contributed by atoms with van der Waals surface area (Å²) in [5, 5.41) is 10.2. The number of rotatable bonds is 5. The lowest BCUT2D eigenvalue weighted by Crippen LogP contribution is -2.45. The van der Waals surface area contributed by atoms with Gasteiger partial charge in [0.25, 0.3) is 5.91 Å². The minimum Gasteiger partial charge on any atom is -0.457 e. The molecule has 6 rings (SSSR count). The van der Waals surface area contributed by atoms with Crippen molar-refractivity contribution in [2.45, 2.75) is 25.8 Å². The van der Waals surface area contributed by atoms with E-state index in [2.05, 4.69) is 20.9 Å². The zero-order valence-electron chi connectivity index (χ0n) is 19.7. The Labute approximate surface area is 212 Å². The van der Waals surface area contributed by atoms with E-state index in [4.69, 9.17) is 4.74 Å². The zero-order chi connectivity index (χ0) is 24.6. The standard InChI is InChI=1S/C27H25N5O3S/c1-16-9-10-19(35-18-7-3-2-4-8-18)14-21(16)32-20-11-13-29-26-22(20)23(31-27(32)34)24(36-26)25(33)30-17-6-5-12-28-15-17/h2-4,7-11,13-14,17,28H,5-6,12,15H2,1H3,(H,30,33)(H,31,34). The first-order chi connectivity index (χ1) is 17.6. The average molecular weight is 500 g/mol. The summed E-state index contributed by atoms with van der Waals surface area (Å²) in [5.41, 5.74) is 2.82. The summed E-state index contributed by atoms with van der Waals surface area (Å²) in [5.74, 6) is 1.15. The smallest absolute Gasteiger partial charge is 0.331 e. The maximum absolute atomic E-state index is 13.5. The molecule has 2 aromatic heterocycles. The summed E-state index contributed by atoms with van der Waals surface area (Å²) < 4.78 is 6.02. The molecule has 9 heteroatoms. The topological polar surface area (TPSA) is 95.6 Å². The van der Waals surface area contributed by atoms with Crippen LogP contribution in [-0.4, -0.2) is 36.1 Å². The summed E-state index contributed by atoms with van der Waals surface area (Å²) in [6, 6.07) is 16.7. The SMILES string of the molecule is Cc1ccc(Oc2ccccc2)cc1N1C(=O)Nc2c(C(=O)NC3CCCNC3)sc3nccc1c23. The van der Waals surface area contributed by atoms with Crippen molar-refractivity contribution in [3.63, 3.8) is 0 Å². The quantitative estimate of drug-likeness (QED) is 0.334. The molecule has 4 aromatic rings. The number of urea groups is 1. The third kappa shape index (κ3) is 4.06. The largest absolute Gasteiger partial charge is 0.457 e. The van der Waals surface area contributed by atoms with Crippen LogP contribution in [-0.2, 0) is 0 Å². The molecule has 1 saturated heterocycles. The first kappa shape index (κ1) is 22.5. The summed E-state index contributed by atoms with van der Waals surface area (Å²) >= 11 is 1.30. The number of ether oxygens (including phenoxy) is 1. The van der Waals surface area contributed by atoms with Crippen LogP contribution >= 0.6 is 11.3 Å². The molecule has 0 aliphatic carbocycles. The van der Waals surface area contributed by atoms with E-state index in [-0.39, 0.29) is 18.0 Å². The van der Waals surface area contributed by atoms with Gasteiger partial charge in [0.15, 0.2) is 0 Å². The fourth-order valence-electron chi connectivity index (χ4n) is 4.73. The fraction of sp³-hybridized carbons (Fsp3) is 0.222. The highest BCUT2D eigenvalue weighted by atomic mass is 32.1. The fourth-order valence-corrected chi connectivity index (χ4v) is 5.75. The van der Waals surface area contributed by atoms with Crippen molar-refractivity contribution in [2.24, 2.45) is 0 Å². The molecule has 1 atom stereocenters. The van der Waals surface area contributed by atoms with Gasteiger partial charge in [0.1, 0.15) is 21.2 Å². The number of pyridine rings is 1. The van der Waals surface area contributed by atoms with Crippen molar-refractivity contribution < 1.29 is 14.3 Å². The van der Waals surface area contributed by atoms with Crippen LogP contribution in [0.3, 0.4) is 0 Å². The maximum Gasteiger partial charge on any atom is 0.331 e. The van der Waals surface area contributed by atoms with Gasteiger partial charge in [-0.05, 0) is 56.1 Å². The second-order valence-electron chi connectivity index (χ2n) is 8.96. The Morgan fingerprint density at radius 1 is 1.14 bits per heavy atom. The van der Waals surface area contributed by atoms with Crippen molar-refractivity contribution >= 4 is 50.6 Å². The lowest BCUT2D eigenvalue weighted by atomic mass is 10.1. The van der Waals surface area contributed by atoms with Crippen LogP contribution in [0.2, 0.25) is 0 Å². The number of benzene rings is 2. The predicted octanol–water partition coefficient (Wildman–Crippen LogP) is 5.56. The van der Waals surface area contributed by atoms with Crippen LogP contribution < -0.4 is 25.6 Å². The predicted molar refractivity (Wildman–Crippen MR) is 142 cm³/mol. The number of nitrogens with one attached hydrogen (secondary N) is 3. The number of anilines is 3. The Morgan fingerprint density at radius 3 is 2.81 bits per heavy atom. The zero-order valence-corrected chi connectivity index (χ0v) is 20.5. The van der Waals surface area contributed by atoms with E-state index in [9.17, 15) is 9.59 Å². The summed E-state index contributed by atoms with van der Waals surface area (Å²) in [6.45, 7) is 3.67. The number of hydrogen-bond donors (Lipinski definition) is 3. The summed E-state index contributed by atoms with van der Waals surface area (Å²) in [6.07, 6.45) is 3.63. The van der Waals surface area contributed by atoms with Gasteiger partial charge in [-0.3, -0.25) is 9.69 Å². The molecule has 0 bridgehead atoms. The number of nitrogens with zero attached hydrogens (tertiary/aromatic N) is 2. The van der Waals surface area contributed by atoms with Crippen LogP contribution in [0.25, 0.3) is 10.2 Å². The van der Waals surface area contributed by atoms with Crippen LogP contribution in [0.1, 0.15) is 28.1 Å². The number of aryl methyl sites for hydroxylation is 1. The monoisotopic (exact) mass is 499 g/mol. The Kier molecular flexibility index (Phi) is 5.79. The number of carbonyl (C=O) groups is 2. The number of piperidine rings is 1. The second kappa shape index (κ2) is 9.25. The highest BCUT2D eigenvalue weighted by Crippen LogP contribution is 2.46. The Morgan fingerprint density at radius 2 is 2.00 bits per heavy atom. The van der Waals surface area contributed by atoms with Gasteiger partial charge >= 0.3 is 6.03 Å². The Hall–Kier alpha value is -3.95. The van der Waals surface area contributed by atoms with Gasteiger partial charge in [0.2, 0.25) is 0 Å². The molecule has 0 saturated carbocycles. The molecule has 0 radical (unpaired) electrons. The highest BCUT2D eigenvalue weighted by molar-refractivity contribution is 7.21. The molecule has 0 spiro atoms. The lowest BCUT2D eigenvalue weighted by Gasteiger charge is -2.30. The number of thiophene rings is 1. The van der Waals surface area contributed by atoms with E-state index >= 15 is 0 Å². The van der Waals surface area contributed by atoms with E-state index in [0.717, 1.165) is 36.9 Å². The van der Waals surface area contributed by atoms with Crippen LogP contribution in [0, 0.1) is 6.92 Å². The normalized spacial score (nSPS) is 17.1. The maximum atomic E-state index is 13.5. The van der Waals surface area contributed by atoms with Crippen molar-refractivity contribution in [3.05, 3.63) is 71.2 Å². The number of hydrogen-bond acceptors (Lipinski definition) is 6. The van der Waals surface area contributed by atoms with Gasteiger partial charge in [0.05, 0.1) is 22.4 Å². The van der Waals surface area contributed by atoms with Gasteiger partial charge in [-0.2, -0.15) is 0 Å². The molecule has 182 valence electrons. The highest BCUT2D eigenvalue weighted by Gasteiger charge is 2.34. The summed E-state index contributed by atoms with van der Waals surface area (Å²) in [7, 11) is 0. The van der Waals surface area contributed by atoms with Crippen LogP contribution in [0.5, 0.6) is 11.5 Å². The lowest BCUT2D eigenvalue weighted by molar-refractivity contribution is 0.0935. The van der Waals surface area contributed by atoms with E-state index in [0.29, 0.717) is 38.3 Å². The van der Waals surface area contributed by atoms with Gasteiger partial charge in [-0.25, -0.2) is 9.78 Å². The molecule has 2 aliphatic rings. The molecular formula is C27H25N5O3S. The Balaban J connectivity index is 1.38. The molecule has 3 amide bonds. The molecule has 1 unspecified atom stereocenters. The number of para-hydroxylation sites is 1. The van der Waals surface area contributed by atoms with Crippen molar-refractivity contribution in [2.75, 3.05) is 23.3 Å². The molecule has 36 heavy (non-hydrogen) atoms. The van der Waals surface area contributed by atoms with Gasteiger partial charge < -0.3 is 20.7 Å². The number of aromatic nitrogens is 1. The molecule has 8 nitrogen and oxygen atoms in total. The van der Waals surface area contributed by atoms with Crippen LogP contribution in [0.4, 0.5) is 21.9 Å². The van der Waals surface area contributed by atoms with E-state index in [1.165, 1.54) is 11.3 Å². The van der Waals surface area contributed by atoms with E-state index < -0.39 is 0 Å². The third-order valence-electron chi connectivity index (χ3n) is 6.48. The second-order valence-corrected chi connectivity index (χ2v) is 9.96. The molecule has 2 aliphatic heterocycles. The average Bonchev–Trinajstić information content (AvgIpc) is 3.26. The molecule has 4 heterocycles. The van der Waals surface area contributed by atoms with Gasteiger partial charge in [-0.15, -0.1) is 11.3 Å². The minimum atomic E-state index is -0.332. The van der Waals surface area contributed by atoms with E-state index in [1.807, 2.05) is 61.5 Å². The number of amides is 3. The van der Waals surface area contributed by atoms with Gasteiger partial charge in [-0.1, -0.05) is 24.3 Å². The summed E-state index contributed by atoms with van der Waals surface area (Å²) in [4.78, 5) is 34.0. The minimum absolute atomic E-state index is 0.0712. The first-order valence-electron chi connectivity index (χ1n) is 12.0. The molecule has 2 aromatic carbocycles. The number of carbonyl (C=O) groups excluding carboxylic acids is 2. The van der Waals surface area contributed by atoms with Crippen LogP contribution in [0.15, 0.2) is 60.8 Å².